The molecule has 66 heavy (non-hydrogen) atoms. The van der Waals surface area contributed by atoms with Crippen molar-refractivity contribution in [2.75, 3.05) is 34.5 Å². The molecule has 2 aliphatic rings. The Labute approximate surface area is 379 Å². The van der Waals surface area contributed by atoms with E-state index in [1.165, 1.54) is 26.2 Å². The van der Waals surface area contributed by atoms with E-state index < -0.39 is 58.0 Å². The van der Waals surface area contributed by atoms with Crippen LogP contribution in [0.2, 0.25) is 0 Å². The Balaban J connectivity index is 0.000000249. The van der Waals surface area contributed by atoms with E-state index in [1.54, 1.807) is 48.5 Å². The van der Waals surface area contributed by atoms with Gasteiger partial charge in [0.15, 0.2) is 23.0 Å². The Hall–Kier alpha value is -6.10. The quantitative estimate of drug-likeness (QED) is 0.0625. The van der Waals surface area contributed by atoms with Crippen molar-refractivity contribution in [1.82, 2.24) is 10.2 Å². The van der Waals surface area contributed by atoms with Crippen LogP contribution < -0.4 is 24.3 Å². The van der Waals surface area contributed by atoms with Gasteiger partial charge >= 0.3 is 12.4 Å². The minimum absolute atomic E-state index is 0.0478. The maximum absolute atomic E-state index is 13.9. The molecule has 0 bridgehead atoms. The van der Waals surface area contributed by atoms with Crippen molar-refractivity contribution in [1.29, 1.82) is 0 Å². The third-order valence-corrected chi connectivity index (χ3v) is 11.3. The first kappa shape index (κ1) is 50.9. The van der Waals surface area contributed by atoms with E-state index in [9.17, 15) is 45.5 Å². The second-order valence-corrected chi connectivity index (χ2v) is 15.9. The number of halogens is 6. The number of hydrogen-bond acceptors (Lipinski definition) is 9. The maximum atomic E-state index is 13.9. The van der Waals surface area contributed by atoms with Gasteiger partial charge in [-0.05, 0) is 61.1 Å². The van der Waals surface area contributed by atoms with E-state index in [0.29, 0.717) is 37.8 Å². The summed E-state index contributed by atoms with van der Waals surface area (Å²) in [5, 5.41) is 2.57. The third kappa shape index (κ3) is 14.0. The molecule has 0 saturated heterocycles. The van der Waals surface area contributed by atoms with Crippen molar-refractivity contribution < 1.29 is 69.2 Å². The van der Waals surface area contributed by atoms with E-state index in [-0.39, 0.29) is 61.4 Å². The van der Waals surface area contributed by atoms with E-state index in [4.69, 9.17) is 23.7 Å². The van der Waals surface area contributed by atoms with Crippen LogP contribution in [-0.2, 0) is 39.9 Å². The van der Waals surface area contributed by atoms with E-state index >= 15 is 0 Å². The molecule has 1 N–H and O–H groups in total. The molecule has 2 aliphatic carbocycles. The first-order valence-electron chi connectivity index (χ1n) is 21.7. The number of hydrogen-bond donors (Lipinski definition) is 1. The van der Waals surface area contributed by atoms with Crippen LogP contribution in [0.1, 0.15) is 107 Å². The SMILES string of the molecule is COCCN(C(=O)C(=O)c1cc(OCc2ccccc2)c(OC)cc1C(F)(F)F)C1CCCCC1.COc1cc(C(F)(F)F)c(C(=O)C(=O)NC2CCCCC2)cc1OCc1ccccc1. The van der Waals surface area contributed by atoms with Gasteiger partial charge in [-0.2, -0.15) is 26.3 Å². The molecule has 2 fully saturated rings. The maximum Gasteiger partial charge on any atom is 0.417 e. The topological polar surface area (TPSA) is 130 Å². The highest BCUT2D eigenvalue weighted by Gasteiger charge is 2.41. The minimum atomic E-state index is -4.88. The summed E-state index contributed by atoms with van der Waals surface area (Å²) in [6, 6.07) is 20.9. The zero-order chi connectivity index (χ0) is 47.9. The summed E-state index contributed by atoms with van der Waals surface area (Å²) in [4.78, 5) is 53.0. The molecule has 4 aromatic rings. The molecule has 0 heterocycles. The second-order valence-electron chi connectivity index (χ2n) is 15.9. The van der Waals surface area contributed by atoms with Crippen LogP contribution >= 0.6 is 0 Å². The van der Waals surface area contributed by atoms with Gasteiger partial charge < -0.3 is 33.9 Å². The zero-order valence-electron chi connectivity index (χ0n) is 37.0. The highest BCUT2D eigenvalue weighted by atomic mass is 19.4. The van der Waals surface area contributed by atoms with Crippen molar-refractivity contribution in [2.45, 2.75) is 102 Å². The Morgan fingerprint density at radius 2 is 1.03 bits per heavy atom. The van der Waals surface area contributed by atoms with Gasteiger partial charge in [-0.15, -0.1) is 0 Å². The molecule has 6 rings (SSSR count). The van der Waals surface area contributed by atoms with Gasteiger partial charge in [-0.1, -0.05) is 99.2 Å². The highest BCUT2D eigenvalue weighted by molar-refractivity contribution is 6.43. The van der Waals surface area contributed by atoms with Crippen molar-refractivity contribution in [3.8, 4) is 23.0 Å². The number of nitrogens with zero attached hydrogens (tertiary/aromatic N) is 1. The number of rotatable bonds is 17. The fraction of sp³-hybridized carbons (Fsp3) is 0.429. The van der Waals surface area contributed by atoms with E-state index in [0.717, 1.165) is 61.8 Å². The predicted molar refractivity (Wildman–Crippen MR) is 232 cm³/mol. The first-order chi connectivity index (χ1) is 31.5. The number of alkyl halides is 6. The number of carbonyl (C=O) groups excluding carboxylic acids is 4. The molecule has 4 aromatic carbocycles. The molecular formula is C49H54F6N2O9. The Bertz CT molecular complexity index is 2240. The zero-order valence-corrected chi connectivity index (χ0v) is 37.0. The average Bonchev–Trinajstić information content (AvgIpc) is 3.32. The van der Waals surface area contributed by atoms with Crippen LogP contribution in [0.15, 0.2) is 84.9 Å². The van der Waals surface area contributed by atoms with Crippen LogP contribution in [0.4, 0.5) is 26.3 Å². The Morgan fingerprint density at radius 3 is 1.45 bits per heavy atom. The molecule has 356 valence electrons. The monoisotopic (exact) mass is 928 g/mol. The van der Waals surface area contributed by atoms with Gasteiger partial charge in [-0.25, -0.2) is 0 Å². The highest BCUT2D eigenvalue weighted by Crippen LogP contribution is 2.41. The van der Waals surface area contributed by atoms with Crippen LogP contribution in [-0.4, -0.2) is 74.8 Å². The van der Waals surface area contributed by atoms with Crippen LogP contribution in [0.5, 0.6) is 23.0 Å². The lowest BCUT2D eigenvalue weighted by Gasteiger charge is -2.34. The van der Waals surface area contributed by atoms with Gasteiger partial charge in [0.2, 0.25) is 0 Å². The van der Waals surface area contributed by atoms with Crippen LogP contribution in [0.25, 0.3) is 0 Å². The summed E-state index contributed by atoms with van der Waals surface area (Å²) in [5.74, 6) is -4.95. The normalized spacial score (nSPS) is 14.6. The fourth-order valence-electron chi connectivity index (χ4n) is 7.88. The van der Waals surface area contributed by atoms with Gasteiger partial charge in [-0.3, -0.25) is 19.2 Å². The number of amides is 2. The lowest BCUT2D eigenvalue weighted by molar-refractivity contribution is -0.139. The summed E-state index contributed by atoms with van der Waals surface area (Å²) in [6.45, 7) is 0.410. The van der Waals surface area contributed by atoms with Gasteiger partial charge in [0.05, 0.1) is 32.0 Å². The number of methoxy groups -OCH3 is 3. The summed E-state index contributed by atoms with van der Waals surface area (Å²) in [6.07, 6.45) is -1.24. The molecule has 17 heteroatoms. The van der Waals surface area contributed by atoms with Gasteiger partial charge in [0.1, 0.15) is 13.2 Å². The molecule has 0 aliphatic heterocycles. The largest absolute Gasteiger partial charge is 0.493 e. The van der Waals surface area contributed by atoms with Crippen molar-refractivity contribution in [3.63, 3.8) is 0 Å². The Morgan fingerprint density at radius 1 is 0.591 bits per heavy atom. The van der Waals surface area contributed by atoms with Crippen LogP contribution in [0, 0.1) is 0 Å². The average molecular weight is 929 g/mol. The van der Waals surface area contributed by atoms with Crippen molar-refractivity contribution in [2.24, 2.45) is 0 Å². The predicted octanol–water partition coefficient (Wildman–Crippen LogP) is 10.2. The molecule has 0 spiro atoms. The van der Waals surface area contributed by atoms with Gasteiger partial charge in [0, 0.05) is 36.9 Å². The number of ketones is 2. The van der Waals surface area contributed by atoms with Crippen molar-refractivity contribution >= 4 is 23.4 Å². The molecule has 11 nitrogen and oxygen atoms in total. The summed E-state index contributed by atoms with van der Waals surface area (Å²) in [5.41, 5.74) is -2.43. The number of benzene rings is 4. The summed E-state index contributed by atoms with van der Waals surface area (Å²) in [7, 11) is 3.89. The first-order valence-corrected chi connectivity index (χ1v) is 21.7. The van der Waals surface area contributed by atoms with Crippen molar-refractivity contribution in [3.05, 3.63) is 118 Å². The fourth-order valence-corrected chi connectivity index (χ4v) is 7.88. The lowest BCUT2D eigenvalue weighted by atomic mass is 9.93. The third-order valence-electron chi connectivity index (χ3n) is 11.3. The number of ether oxygens (including phenoxy) is 5. The molecule has 0 radical (unpaired) electrons. The minimum Gasteiger partial charge on any atom is -0.493 e. The standard InChI is InChI=1S/C26H30F3NO5.C23H24F3NO4/c1-33-14-13-30(19-11-7-4-8-12-19)25(32)24(31)20-15-23(35-17-18-9-5-3-6-10-18)22(34-2)16-21(20)26(27,28)29;1-30-19-13-18(23(24,25)26)17(12-20(19)31-14-15-8-4-2-5-9-15)21(28)22(29)27-16-10-6-3-7-11-16/h3,5-6,9-10,15-16,19H,4,7-8,11-14,17H2,1-2H3;2,4-5,8-9,12-13,16H,3,6-7,10-11,14H2,1H3,(H,27,29). The number of carbonyl (C=O) groups is 4. The van der Waals surface area contributed by atoms with Gasteiger partial charge in [0.25, 0.3) is 23.4 Å². The summed E-state index contributed by atoms with van der Waals surface area (Å²) < 4.78 is 109. The van der Waals surface area contributed by atoms with E-state index in [1.807, 2.05) is 12.1 Å². The molecule has 0 aromatic heterocycles. The molecular weight excluding hydrogens is 875 g/mol. The van der Waals surface area contributed by atoms with E-state index in [2.05, 4.69) is 5.32 Å². The molecule has 0 atom stereocenters. The second kappa shape index (κ2) is 23.9. The molecule has 2 saturated carbocycles. The summed E-state index contributed by atoms with van der Waals surface area (Å²) >= 11 is 0. The Kier molecular flexibility index (Phi) is 18.4. The molecule has 0 unspecified atom stereocenters. The lowest BCUT2D eigenvalue weighted by Crippen LogP contribution is -2.46. The molecule has 2 amide bonds. The van der Waals surface area contributed by atoms with Crippen LogP contribution in [0.3, 0.4) is 0 Å². The smallest absolute Gasteiger partial charge is 0.417 e. The number of nitrogens with one attached hydrogen (secondary N) is 1. The number of Topliss-reactive ketones (excluding diaryl/α,β-unsaturated/α-hetero) is 2.